The highest BCUT2D eigenvalue weighted by Gasteiger charge is 2.64. The van der Waals surface area contributed by atoms with Crippen molar-refractivity contribution in [1.29, 1.82) is 0 Å². The molecule has 3 aliphatic rings. The van der Waals surface area contributed by atoms with Crippen LogP contribution in [-0.4, -0.2) is 87.7 Å². The number of anilines is 1. The first-order chi connectivity index (χ1) is 17.1. The largest absolute Gasteiger partial charge is 0.508 e. The number of carbonyl (C=O) groups is 3. The van der Waals surface area contributed by atoms with Gasteiger partial charge in [-0.2, -0.15) is 0 Å². The van der Waals surface area contributed by atoms with Gasteiger partial charge in [0.2, 0.25) is 5.78 Å². The summed E-state index contributed by atoms with van der Waals surface area (Å²) in [6.45, 7) is 0. The van der Waals surface area contributed by atoms with E-state index in [1.807, 2.05) is 19.0 Å². The normalized spacial score (nSPS) is 26.6. The molecule has 0 aromatic heterocycles. The molecular formula is C24H31N5O7S. The fourth-order valence-corrected chi connectivity index (χ4v) is 5.65. The number of nitrogens with two attached hydrogens (primary N) is 3. The molecule has 10 N–H and O–H groups in total. The van der Waals surface area contributed by atoms with E-state index in [0.717, 1.165) is 5.69 Å². The predicted molar refractivity (Wildman–Crippen MR) is 140 cm³/mol. The third-order valence-corrected chi connectivity index (χ3v) is 7.06. The number of phenolic OH excluding ortho intramolecular Hbond substituents is 1. The van der Waals surface area contributed by atoms with Gasteiger partial charge in [0.05, 0.1) is 11.6 Å². The van der Waals surface area contributed by atoms with Crippen LogP contribution in [0.1, 0.15) is 17.5 Å². The molecule has 0 aliphatic heterocycles. The minimum absolute atomic E-state index is 0.000000000000000222. The van der Waals surface area contributed by atoms with E-state index in [0.29, 0.717) is 5.56 Å². The van der Waals surface area contributed by atoms with Crippen LogP contribution in [0.2, 0.25) is 0 Å². The Morgan fingerprint density at radius 1 is 1.08 bits per heavy atom. The van der Waals surface area contributed by atoms with Gasteiger partial charge in [0, 0.05) is 31.3 Å². The number of rotatable bonds is 3. The summed E-state index contributed by atoms with van der Waals surface area (Å²) in [6.07, 6.45) is 0.324. The number of thiocarbonyl (C=S) groups is 1. The van der Waals surface area contributed by atoms with Gasteiger partial charge in [0.25, 0.3) is 5.91 Å². The van der Waals surface area contributed by atoms with Crippen molar-refractivity contribution < 1.29 is 34.8 Å². The number of fused-ring (bicyclic) bond motifs is 3. The van der Waals surface area contributed by atoms with Gasteiger partial charge in [0.1, 0.15) is 22.8 Å². The molecule has 0 unspecified atom stereocenters. The van der Waals surface area contributed by atoms with Gasteiger partial charge in [-0.25, -0.2) is 0 Å². The first kappa shape index (κ1) is 27.9. The molecule has 37 heavy (non-hydrogen) atoms. The molecule has 13 heteroatoms. The highest BCUT2D eigenvalue weighted by molar-refractivity contribution is 7.80. The number of aliphatic hydroxyl groups is 3. The highest BCUT2D eigenvalue weighted by Crippen LogP contribution is 2.53. The van der Waals surface area contributed by atoms with Gasteiger partial charge < -0.3 is 42.5 Å². The molecule has 1 aromatic carbocycles. The SMILES string of the molecule is CN(C)c1ccc(O)c2c1C[C@H]1C[C@H]3[C@H](N(C)C)C(=O)C(C(N)=O)=C(O)[C@@]3(O)C(=O)C1=C2O.NC(N)=S. The van der Waals surface area contributed by atoms with E-state index >= 15 is 0 Å². The number of amides is 1. The van der Waals surface area contributed by atoms with Crippen molar-refractivity contribution in [3.8, 4) is 5.75 Å². The summed E-state index contributed by atoms with van der Waals surface area (Å²) < 4.78 is 0. The molecule has 0 bridgehead atoms. The molecule has 4 atom stereocenters. The minimum atomic E-state index is -2.63. The summed E-state index contributed by atoms with van der Waals surface area (Å²) in [7, 11) is 6.75. The van der Waals surface area contributed by atoms with Gasteiger partial charge in [-0.1, -0.05) is 0 Å². The summed E-state index contributed by atoms with van der Waals surface area (Å²) in [6, 6.07) is 2.01. The number of Topliss-reactive ketones (excluding diaryl/α,β-unsaturated/α-hetero) is 2. The molecule has 0 heterocycles. The summed E-state index contributed by atoms with van der Waals surface area (Å²) in [4.78, 5) is 42.0. The maximum Gasteiger partial charge on any atom is 0.255 e. The molecule has 1 fully saturated rings. The lowest BCUT2D eigenvalue weighted by Crippen LogP contribution is -2.65. The summed E-state index contributed by atoms with van der Waals surface area (Å²) in [5.74, 6) is -6.54. The van der Waals surface area contributed by atoms with Crippen LogP contribution in [0.4, 0.5) is 5.69 Å². The first-order valence-corrected chi connectivity index (χ1v) is 11.7. The van der Waals surface area contributed by atoms with Crippen LogP contribution in [0.5, 0.6) is 5.75 Å². The van der Waals surface area contributed by atoms with E-state index in [2.05, 4.69) is 23.7 Å². The average Bonchev–Trinajstić information content (AvgIpc) is 2.75. The van der Waals surface area contributed by atoms with Crippen molar-refractivity contribution in [1.82, 2.24) is 4.90 Å². The van der Waals surface area contributed by atoms with E-state index in [1.54, 1.807) is 20.2 Å². The topological polar surface area (TPSA) is 217 Å². The quantitative estimate of drug-likeness (QED) is 0.188. The van der Waals surface area contributed by atoms with Crippen LogP contribution in [0.25, 0.3) is 5.76 Å². The number of ketones is 2. The second-order valence-corrected chi connectivity index (χ2v) is 10.2. The van der Waals surface area contributed by atoms with Crippen LogP contribution in [0.15, 0.2) is 29.0 Å². The Kier molecular flexibility index (Phi) is 7.28. The standard InChI is InChI=1S/C23H27N3O7.CH4N2S/c1-25(2)12-5-6-13(27)15-10(12)7-9-8-11-17(26(3)4)19(29)16(22(24)32)21(31)23(11,33)20(30)14(9)18(15)28;2-1(3)4/h5-6,9,11,17,27-28,31,33H,7-8H2,1-4H3,(H2,24,32);(H4,2,3,4)/t9-,11-,17-,23-;/m0./s1. The van der Waals surface area contributed by atoms with Gasteiger partial charge in [0.15, 0.2) is 16.5 Å². The Balaban J connectivity index is 0.000000886. The molecule has 0 spiro atoms. The fourth-order valence-electron chi connectivity index (χ4n) is 5.65. The van der Waals surface area contributed by atoms with Crippen molar-refractivity contribution in [2.45, 2.75) is 24.5 Å². The van der Waals surface area contributed by atoms with Gasteiger partial charge in [-0.05, 0) is 62.8 Å². The molecular weight excluding hydrogens is 502 g/mol. The Hall–Kier alpha value is -3.68. The maximum atomic E-state index is 13.7. The molecule has 1 saturated carbocycles. The maximum absolute atomic E-state index is 13.7. The number of hydrogen-bond acceptors (Lipinski definition) is 10. The van der Waals surface area contributed by atoms with Crippen LogP contribution in [-0.2, 0) is 20.8 Å². The molecule has 200 valence electrons. The van der Waals surface area contributed by atoms with E-state index in [4.69, 9.17) is 5.73 Å². The van der Waals surface area contributed by atoms with Gasteiger partial charge in [-0.15, -0.1) is 0 Å². The van der Waals surface area contributed by atoms with Crippen LogP contribution < -0.4 is 22.1 Å². The average molecular weight is 534 g/mol. The Morgan fingerprint density at radius 2 is 1.65 bits per heavy atom. The Morgan fingerprint density at radius 3 is 2.14 bits per heavy atom. The number of aliphatic hydroxyl groups excluding tert-OH is 2. The zero-order chi connectivity index (χ0) is 28.1. The third-order valence-electron chi connectivity index (χ3n) is 7.06. The zero-order valence-corrected chi connectivity index (χ0v) is 21.7. The van der Waals surface area contributed by atoms with Crippen molar-refractivity contribution in [3.05, 3.63) is 40.2 Å². The molecule has 1 amide bonds. The zero-order valence-electron chi connectivity index (χ0n) is 20.8. The highest BCUT2D eigenvalue weighted by atomic mass is 32.1. The fraction of sp³-hybridized carbons (Fsp3) is 0.417. The van der Waals surface area contributed by atoms with Gasteiger partial charge >= 0.3 is 0 Å². The van der Waals surface area contributed by atoms with Gasteiger partial charge in [-0.3, -0.25) is 19.3 Å². The number of phenols is 1. The number of aromatic hydroxyl groups is 1. The molecule has 0 radical (unpaired) electrons. The smallest absolute Gasteiger partial charge is 0.255 e. The van der Waals surface area contributed by atoms with Crippen LogP contribution >= 0.6 is 12.2 Å². The molecule has 0 saturated heterocycles. The molecule has 1 aromatic rings. The van der Waals surface area contributed by atoms with E-state index in [1.165, 1.54) is 11.0 Å². The third kappa shape index (κ3) is 4.28. The molecule has 4 rings (SSSR count). The lowest BCUT2D eigenvalue weighted by atomic mass is 9.57. The number of primary amides is 1. The summed E-state index contributed by atoms with van der Waals surface area (Å²) in [5.41, 5.74) is 12.4. The summed E-state index contributed by atoms with van der Waals surface area (Å²) >= 11 is 4.09. The Labute approximate surface area is 218 Å². The number of benzene rings is 1. The number of hydrogen-bond donors (Lipinski definition) is 7. The van der Waals surface area contributed by atoms with Crippen LogP contribution in [0.3, 0.4) is 0 Å². The van der Waals surface area contributed by atoms with E-state index in [-0.39, 0.29) is 34.8 Å². The van der Waals surface area contributed by atoms with Crippen LogP contribution in [0, 0.1) is 11.8 Å². The predicted octanol–water partition coefficient (Wildman–Crippen LogP) is -0.781. The number of carbonyl (C=O) groups excluding carboxylic acids is 3. The second-order valence-electron chi connectivity index (χ2n) is 9.72. The summed E-state index contributed by atoms with van der Waals surface area (Å²) in [5, 5.41) is 43.9. The molecule has 3 aliphatic carbocycles. The first-order valence-electron chi connectivity index (χ1n) is 11.3. The Bertz CT molecular complexity index is 1270. The van der Waals surface area contributed by atoms with Crippen molar-refractivity contribution in [2.24, 2.45) is 29.0 Å². The van der Waals surface area contributed by atoms with Crippen molar-refractivity contribution >= 4 is 46.3 Å². The van der Waals surface area contributed by atoms with E-state index < -0.39 is 58.0 Å². The lowest BCUT2D eigenvalue weighted by Gasteiger charge is -2.50. The lowest BCUT2D eigenvalue weighted by molar-refractivity contribution is -0.153. The van der Waals surface area contributed by atoms with Crippen molar-refractivity contribution in [3.63, 3.8) is 0 Å². The minimum Gasteiger partial charge on any atom is -0.508 e. The molecule has 12 nitrogen and oxygen atoms in total. The second kappa shape index (κ2) is 9.65. The number of nitrogens with zero attached hydrogens (tertiary/aromatic N) is 2. The van der Waals surface area contributed by atoms with E-state index in [9.17, 15) is 34.8 Å². The monoisotopic (exact) mass is 533 g/mol. The van der Waals surface area contributed by atoms with Crippen molar-refractivity contribution in [2.75, 3.05) is 33.1 Å². The number of likely N-dealkylation sites (N-methyl/N-ethyl adjacent to an activating group) is 1.